The van der Waals surface area contributed by atoms with E-state index in [1.54, 1.807) is 5.06 Å². The molecule has 0 bridgehead atoms. The van der Waals surface area contributed by atoms with Crippen molar-refractivity contribution in [2.75, 3.05) is 13.1 Å². The lowest BCUT2D eigenvalue weighted by Gasteiger charge is -2.21. The van der Waals surface area contributed by atoms with Crippen LogP contribution in [0, 0.1) is 11.3 Å². The Morgan fingerprint density at radius 1 is 0.912 bits per heavy atom. The summed E-state index contributed by atoms with van der Waals surface area (Å²) in [6.45, 7) is 8.28. The summed E-state index contributed by atoms with van der Waals surface area (Å²) in [5.41, 5.74) is 4.57. The highest BCUT2D eigenvalue weighted by atomic mass is 16.7. The predicted molar refractivity (Wildman–Crippen MR) is 133 cm³/mol. The summed E-state index contributed by atoms with van der Waals surface area (Å²) in [6, 6.07) is 26.4. The first kappa shape index (κ1) is 23.4. The summed E-state index contributed by atoms with van der Waals surface area (Å²) < 4.78 is 12.6. The first-order chi connectivity index (χ1) is 16.6. The Bertz CT molecular complexity index is 1180. The normalized spacial score (nSPS) is 13.6. The van der Waals surface area contributed by atoms with Gasteiger partial charge >= 0.3 is 0 Å². The first-order valence-corrected chi connectivity index (χ1v) is 11.7. The van der Waals surface area contributed by atoms with Crippen LogP contribution in [0.15, 0.2) is 78.4 Å². The molecule has 0 unspecified atom stereocenters. The van der Waals surface area contributed by atoms with Crippen LogP contribution in [-0.4, -0.2) is 18.2 Å². The SMILES string of the molecule is CCN1CC(C#N)=C(c2cc(C(C)C)c(OCc3ccccc3)cc2OCc2ccccc2)O1. The van der Waals surface area contributed by atoms with Crippen molar-refractivity contribution < 1.29 is 14.3 Å². The second-order valence-corrected chi connectivity index (χ2v) is 8.56. The van der Waals surface area contributed by atoms with Crippen molar-refractivity contribution in [1.29, 1.82) is 5.26 Å². The molecule has 0 N–H and O–H groups in total. The molecule has 0 aromatic heterocycles. The largest absolute Gasteiger partial charge is 0.488 e. The topological polar surface area (TPSA) is 54.7 Å². The Balaban J connectivity index is 1.73. The molecule has 174 valence electrons. The van der Waals surface area contributed by atoms with Gasteiger partial charge in [0.1, 0.15) is 30.8 Å². The van der Waals surface area contributed by atoms with Crippen LogP contribution in [0.5, 0.6) is 11.5 Å². The van der Waals surface area contributed by atoms with Gasteiger partial charge in [-0.15, -0.1) is 5.06 Å². The van der Waals surface area contributed by atoms with Gasteiger partial charge in [0.25, 0.3) is 0 Å². The van der Waals surface area contributed by atoms with Gasteiger partial charge < -0.3 is 14.3 Å². The van der Waals surface area contributed by atoms with Crippen LogP contribution < -0.4 is 9.47 Å². The Labute approximate surface area is 201 Å². The van der Waals surface area contributed by atoms with Crippen molar-refractivity contribution in [1.82, 2.24) is 5.06 Å². The lowest BCUT2D eigenvalue weighted by molar-refractivity contribution is -0.0564. The minimum atomic E-state index is 0.211. The number of benzene rings is 3. The third kappa shape index (κ3) is 5.41. The van der Waals surface area contributed by atoms with Crippen LogP contribution in [0.3, 0.4) is 0 Å². The van der Waals surface area contributed by atoms with Crippen molar-refractivity contribution in [2.24, 2.45) is 0 Å². The van der Waals surface area contributed by atoms with Crippen LogP contribution >= 0.6 is 0 Å². The van der Waals surface area contributed by atoms with Crippen molar-refractivity contribution in [3.63, 3.8) is 0 Å². The molecule has 5 nitrogen and oxygen atoms in total. The first-order valence-electron chi connectivity index (χ1n) is 11.7. The Morgan fingerprint density at radius 2 is 1.50 bits per heavy atom. The van der Waals surface area contributed by atoms with Crippen LogP contribution in [0.25, 0.3) is 5.76 Å². The summed E-state index contributed by atoms with van der Waals surface area (Å²) >= 11 is 0. The number of ether oxygens (including phenoxy) is 2. The van der Waals surface area contributed by atoms with Gasteiger partial charge in [0.2, 0.25) is 0 Å². The number of nitrogens with zero attached hydrogens (tertiary/aromatic N) is 2. The Morgan fingerprint density at radius 3 is 2.03 bits per heavy atom. The van der Waals surface area contributed by atoms with Gasteiger partial charge in [-0.05, 0) is 35.6 Å². The molecule has 1 aliphatic heterocycles. The number of hydrogen-bond acceptors (Lipinski definition) is 5. The maximum absolute atomic E-state index is 9.77. The highest BCUT2D eigenvalue weighted by molar-refractivity contribution is 5.74. The van der Waals surface area contributed by atoms with E-state index < -0.39 is 0 Å². The van der Waals surface area contributed by atoms with Crippen LogP contribution in [0.4, 0.5) is 0 Å². The number of hydroxylamine groups is 2. The molecule has 5 heteroatoms. The molecule has 3 aromatic carbocycles. The molecule has 0 saturated heterocycles. The third-order valence-corrected chi connectivity index (χ3v) is 5.77. The van der Waals surface area contributed by atoms with Gasteiger partial charge in [0.05, 0.1) is 17.7 Å². The molecule has 4 rings (SSSR count). The van der Waals surface area contributed by atoms with E-state index in [0.717, 1.165) is 28.0 Å². The van der Waals surface area contributed by atoms with E-state index in [1.807, 2.05) is 73.7 Å². The van der Waals surface area contributed by atoms with Crippen molar-refractivity contribution in [2.45, 2.75) is 39.9 Å². The molecule has 0 aliphatic carbocycles. The van der Waals surface area contributed by atoms with Crippen molar-refractivity contribution in [3.05, 3.63) is 101 Å². The van der Waals surface area contributed by atoms with Crippen LogP contribution in [0.1, 0.15) is 48.9 Å². The maximum atomic E-state index is 9.77. The zero-order valence-corrected chi connectivity index (χ0v) is 20.0. The van der Waals surface area contributed by atoms with Crippen LogP contribution in [-0.2, 0) is 18.1 Å². The molecule has 0 radical (unpaired) electrons. The molecule has 0 amide bonds. The Kier molecular flexibility index (Phi) is 7.51. The number of rotatable bonds is 9. The van der Waals surface area contributed by atoms with E-state index in [0.29, 0.717) is 43.4 Å². The molecule has 3 aromatic rings. The molecule has 1 aliphatic rings. The molecular formula is C29H30N2O3. The lowest BCUT2D eigenvalue weighted by Crippen LogP contribution is -2.18. The van der Waals surface area contributed by atoms with Gasteiger partial charge in [-0.25, -0.2) is 0 Å². The number of hydrogen-bond donors (Lipinski definition) is 0. The average molecular weight is 455 g/mol. The highest BCUT2D eigenvalue weighted by Gasteiger charge is 2.28. The molecule has 1 heterocycles. The van der Waals surface area contributed by atoms with Gasteiger partial charge in [0, 0.05) is 12.6 Å². The standard InChI is InChI=1S/C29H30N2O3/c1-4-31-18-24(17-30)29(34-31)26-15-25(21(2)3)27(32-19-22-11-7-5-8-12-22)16-28(26)33-20-23-13-9-6-10-14-23/h5-16,21H,4,18-20H2,1-3H3. The molecule has 0 atom stereocenters. The summed E-state index contributed by atoms with van der Waals surface area (Å²) in [7, 11) is 0. The van der Waals surface area contributed by atoms with Gasteiger partial charge in [-0.2, -0.15) is 5.26 Å². The van der Waals surface area contributed by atoms with E-state index in [4.69, 9.17) is 14.3 Å². The Hall–Kier alpha value is -3.75. The van der Waals surface area contributed by atoms with E-state index in [1.165, 1.54) is 0 Å². The summed E-state index contributed by atoms with van der Waals surface area (Å²) in [6.07, 6.45) is 0. The smallest absolute Gasteiger partial charge is 0.173 e. The van der Waals surface area contributed by atoms with E-state index in [2.05, 4.69) is 26.0 Å². The summed E-state index contributed by atoms with van der Waals surface area (Å²) in [5, 5.41) is 11.6. The summed E-state index contributed by atoms with van der Waals surface area (Å²) in [5.74, 6) is 2.18. The molecule has 0 spiro atoms. The lowest BCUT2D eigenvalue weighted by atomic mass is 9.97. The van der Waals surface area contributed by atoms with E-state index in [-0.39, 0.29) is 5.92 Å². The van der Waals surface area contributed by atoms with Crippen LogP contribution in [0.2, 0.25) is 0 Å². The zero-order valence-electron chi connectivity index (χ0n) is 20.0. The fourth-order valence-electron chi connectivity index (χ4n) is 3.86. The second kappa shape index (κ2) is 10.9. The van der Waals surface area contributed by atoms with E-state index >= 15 is 0 Å². The number of likely N-dealkylation sites (N-methyl/N-ethyl adjacent to an activating group) is 1. The maximum Gasteiger partial charge on any atom is 0.173 e. The van der Waals surface area contributed by atoms with Gasteiger partial charge in [-0.1, -0.05) is 74.5 Å². The highest BCUT2D eigenvalue weighted by Crippen LogP contribution is 2.41. The molecule has 0 saturated carbocycles. The quantitative estimate of drug-likeness (QED) is 0.371. The second-order valence-electron chi connectivity index (χ2n) is 8.56. The minimum absolute atomic E-state index is 0.211. The van der Waals surface area contributed by atoms with Gasteiger partial charge in [-0.3, -0.25) is 0 Å². The fraction of sp³-hybridized carbons (Fsp3) is 0.276. The molecular weight excluding hydrogens is 424 g/mol. The molecule has 0 fully saturated rings. The average Bonchev–Trinajstić information content (AvgIpc) is 3.30. The predicted octanol–water partition coefficient (Wildman–Crippen LogP) is 6.47. The van der Waals surface area contributed by atoms with Gasteiger partial charge in [0.15, 0.2) is 5.76 Å². The minimum Gasteiger partial charge on any atom is -0.488 e. The third-order valence-electron chi connectivity index (χ3n) is 5.77. The zero-order chi connectivity index (χ0) is 23.9. The van der Waals surface area contributed by atoms with Crippen molar-refractivity contribution >= 4 is 5.76 Å². The molecule has 34 heavy (non-hydrogen) atoms. The summed E-state index contributed by atoms with van der Waals surface area (Å²) in [4.78, 5) is 6.07. The van der Waals surface area contributed by atoms with E-state index in [9.17, 15) is 5.26 Å². The number of nitriles is 1. The monoisotopic (exact) mass is 454 g/mol. The fourth-order valence-corrected chi connectivity index (χ4v) is 3.86. The van der Waals surface area contributed by atoms with Crippen molar-refractivity contribution in [3.8, 4) is 17.6 Å².